The number of benzene rings is 1. The van der Waals surface area contributed by atoms with E-state index in [1.165, 1.54) is 25.7 Å². The van der Waals surface area contributed by atoms with E-state index in [2.05, 4.69) is 12.2 Å². The van der Waals surface area contributed by atoms with Crippen molar-refractivity contribution in [3.8, 4) is 0 Å². The number of carbonyl (C=O) groups excluding carboxylic acids is 1. The molecule has 2 bridgehead atoms. The van der Waals surface area contributed by atoms with Gasteiger partial charge in [0.25, 0.3) is 0 Å². The maximum Gasteiger partial charge on any atom is 0.243 e. The summed E-state index contributed by atoms with van der Waals surface area (Å²) in [6, 6.07) is 6.64. The van der Waals surface area contributed by atoms with Crippen molar-refractivity contribution in [2.45, 2.75) is 56.8 Å². The van der Waals surface area contributed by atoms with Gasteiger partial charge in [-0.25, -0.2) is 8.42 Å². The third kappa shape index (κ3) is 4.06. The highest BCUT2D eigenvalue weighted by molar-refractivity contribution is 7.89. The van der Waals surface area contributed by atoms with Gasteiger partial charge in [0, 0.05) is 25.2 Å². The molecule has 148 valence electrons. The maximum atomic E-state index is 12.8. The number of amides is 1. The van der Waals surface area contributed by atoms with Gasteiger partial charge < -0.3 is 5.32 Å². The summed E-state index contributed by atoms with van der Waals surface area (Å²) in [5.74, 6) is 2.75. The van der Waals surface area contributed by atoms with Crippen LogP contribution in [0.1, 0.15) is 51.9 Å². The van der Waals surface area contributed by atoms with Crippen molar-refractivity contribution in [3.05, 3.63) is 24.3 Å². The molecule has 6 heteroatoms. The van der Waals surface area contributed by atoms with Crippen LogP contribution in [0.25, 0.3) is 0 Å². The van der Waals surface area contributed by atoms with E-state index >= 15 is 0 Å². The van der Waals surface area contributed by atoms with Crippen LogP contribution in [-0.2, 0) is 14.8 Å². The van der Waals surface area contributed by atoms with E-state index in [4.69, 9.17) is 0 Å². The standard InChI is InChI=1S/C21H30N2O3S/c1-15-8-10-23(11-9-15)27(25,26)20-6-4-19(5-7-20)22-21(24)14-18-13-16-2-3-17(18)12-16/h4-7,15-18H,2-3,8-14H2,1H3,(H,22,24)/t16-,17-,18-/m1/s1. The number of piperidine rings is 1. The lowest BCUT2D eigenvalue weighted by Crippen LogP contribution is -2.37. The second-order valence-corrected chi connectivity index (χ2v) is 10.7. The van der Waals surface area contributed by atoms with Gasteiger partial charge >= 0.3 is 0 Å². The molecule has 0 aromatic heterocycles. The molecule has 2 saturated carbocycles. The topological polar surface area (TPSA) is 66.5 Å². The van der Waals surface area contributed by atoms with Crippen molar-refractivity contribution in [2.75, 3.05) is 18.4 Å². The molecule has 3 fully saturated rings. The fourth-order valence-electron chi connectivity index (χ4n) is 5.16. The van der Waals surface area contributed by atoms with Crippen LogP contribution in [0.2, 0.25) is 0 Å². The number of hydrogen-bond donors (Lipinski definition) is 1. The molecular formula is C21H30N2O3S. The summed E-state index contributed by atoms with van der Waals surface area (Å²) in [5, 5.41) is 2.94. The van der Waals surface area contributed by atoms with Gasteiger partial charge in [-0.3, -0.25) is 4.79 Å². The number of hydrogen-bond acceptors (Lipinski definition) is 3. The highest BCUT2D eigenvalue weighted by Crippen LogP contribution is 2.49. The molecule has 4 rings (SSSR count). The Kier molecular flexibility index (Phi) is 5.30. The molecule has 1 amide bonds. The summed E-state index contributed by atoms with van der Waals surface area (Å²) in [4.78, 5) is 12.7. The summed E-state index contributed by atoms with van der Waals surface area (Å²) in [5.41, 5.74) is 0.675. The van der Waals surface area contributed by atoms with Gasteiger partial charge in [-0.15, -0.1) is 0 Å². The van der Waals surface area contributed by atoms with Crippen LogP contribution in [0.4, 0.5) is 5.69 Å². The van der Waals surface area contributed by atoms with Crippen molar-refractivity contribution in [1.82, 2.24) is 4.31 Å². The molecule has 3 atom stereocenters. The first-order valence-corrected chi connectivity index (χ1v) is 11.8. The molecule has 1 heterocycles. The van der Waals surface area contributed by atoms with Crippen molar-refractivity contribution in [2.24, 2.45) is 23.7 Å². The molecule has 0 spiro atoms. The number of nitrogens with zero attached hydrogens (tertiary/aromatic N) is 1. The molecule has 0 unspecified atom stereocenters. The van der Waals surface area contributed by atoms with E-state index in [-0.39, 0.29) is 5.91 Å². The number of nitrogens with one attached hydrogen (secondary N) is 1. The summed E-state index contributed by atoms with van der Waals surface area (Å²) < 4.78 is 27.1. The molecule has 1 saturated heterocycles. The highest BCUT2D eigenvalue weighted by Gasteiger charge is 2.40. The SMILES string of the molecule is CC1CCN(S(=O)(=O)c2ccc(NC(=O)C[C@H]3C[C@@H]4CC[C@@H]3C4)cc2)CC1. The lowest BCUT2D eigenvalue weighted by atomic mass is 9.86. The summed E-state index contributed by atoms with van der Waals surface area (Å²) in [6.07, 6.45) is 7.54. The van der Waals surface area contributed by atoms with E-state index in [0.717, 1.165) is 24.7 Å². The second-order valence-electron chi connectivity index (χ2n) is 8.80. The maximum absolute atomic E-state index is 12.8. The first-order valence-electron chi connectivity index (χ1n) is 10.3. The molecule has 1 aromatic carbocycles. The fourth-order valence-corrected chi connectivity index (χ4v) is 6.63. The largest absolute Gasteiger partial charge is 0.326 e. The Morgan fingerprint density at radius 3 is 2.37 bits per heavy atom. The smallest absolute Gasteiger partial charge is 0.243 e. The minimum absolute atomic E-state index is 0.0492. The molecule has 1 aliphatic heterocycles. The molecular weight excluding hydrogens is 360 g/mol. The Balaban J connectivity index is 1.35. The fraction of sp³-hybridized carbons (Fsp3) is 0.667. The summed E-state index contributed by atoms with van der Waals surface area (Å²) in [7, 11) is -3.43. The molecule has 1 N–H and O–H groups in total. The van der Waals surface area contributed by atoms with Gasteiger partial charge in [-0.2, -0.15) is 4.31 Å². The van der Waals surface area contributed by atoms with Crippen LogP contribution in [-0.4, -0.2) is 31.7 Å². The Morgan fingerprint density at radius 1 is 1.07 bits per heavy atom. The molecule has 3 aliphatic rings. The van der Waals surface area contributed by atoms with Crippen LogP contribution in [0.5, 0.6) is 0 Å². The van der Waals surface area contributed by atoms with Gasteiger partial charge in [0.2, 0.25) is 15.9 Å². The molecule has 5 nitrogen and oxygen atoms in total. The van der Waals surface area contributed by atoms with Gasteiger partial charge in [-0.1, -0.05) is 13.3 Å². The van der Waals surface area contributed by atoms with Crippen molar-refractivity contribution in [1.29, 1.82) is 0 Å². The third-order valence-corrected chi connectivity index (χ3v) is 8.76. The van der Waals surface area contributed by atoms with Gasteiger partial charge in [0.15, 0.2) is 0 Å². The van der Waals surface area contributed by atoms with Crippen LogP contribution >= 0.6 is 0 Å². The van der Waals surface area contributed by atoms with Crippen molar-refractivity contribution < 1.29 is 13.2 Å². The Labute approximate surface area is 162 Å². The molecule has 1 aromatic rings. The minimum atomic E-state index is -3.43. The average molecular weight is 391 g/mol. The number of anilines is 1. The predicted molar refractivity (Wildman–Crippen MR) is 106 cm³/mol. The van der Waals surface area contributed by atoms with Crippen LogP contribution in [0.3, 0.4) is 0 Å². The average Bonchev–Trinajstić information content (AvgIpc) is 3.25. The zero-order valence-corrected chi connectivity index (χ0v) is 16.9. The quantitative estimate of drug-likeness (QED) is 0.830. The molecule has 27 heavy (non-hydrogen) atoms. The number of carbonyl (C=O) groups is 1. The molecule has 2 aliphatic carbocycles. The lowest BCUT2D eigenvalue weighted by molar-refractivity contribution is -0.117. The van der Waals surface area contributed by atoms with E-state index in [1.54, 1.807) is 28.6 Å². The predicted octanol–water partition coefficient (Wildman–Crippen LogP) is 3.87. The summed E-state index contributed by atoms with van der Waals surface area (Å²) in [6.45, 7) is 3.34. The third-order valence-electron chi connectivity index (χ3n) is 6.85. The van der Waals surface area contributed by atoms with E-state index < -0.39 is 10.0 Å². The Bertz CT molecular complexity index is 782. The Hall–Kier alpha value is -1.40. The van der Waals surface area contributed by atoms with E-state index in [0.29, 0.717) is 41.9 Å². The Morgan fingerprint density at radius 2 is 1.78 bits per heavy atom. The first-order chi connectivity index (χ1) is 12.9. The van der Waals surface area contributed by atoms with Gasteiger partial charge in [0.1, 0.15) is 0 Å². The highest BCUT2D eigenvalue weighted by atomic mass is 32.2. The van der Waals surface area contributed by atoms with Crippen LogP contribution in [0, 0.1) is 23.7 Å². The zero-order chi connectivity index (χ0) is 19.0. The lowest BCUT2D eigenvalue weighted by Gasteiger charge is -2.29. The number of rotatable bonds is 5. The summed E-state index contributed by atoms with van der Waals surface area (Å²) >= 11 is 0. The van der Waals surface area contributed by atoms with Gasteiger partial charge in [-0.05, 0) is 80.0 Å². The first kappa shape index (κ1) is 18.9. The van der Waals surface area contributed by atoms with Crippen LogP contribution < -0.4 is 5.32 Å². The van der Waals surface area contributed by atoms with Crippen molar-refractivity contribution in [3.63, 3.8) is 0 Å². The number of sulfonamides is 1. The molecule has 0 radical (unpaired) electrons. The monoisotopic (exact) mass is 390 g/mol. The minimum Gasteiger partial charge on any atom is -0.326 e. The van der Waals surface area contributed by atoms with Crippen LogP contribution in [0.15, 0.2) is 29.2 Å². The zero-order valence-electron chi connectivity index (χ0n) is 16.1. The number of fused-ring (bicyclic) bond motifs is 2. The van der Waals surface area contributed by atoms with Gasteiger partial charge in [0.05, 0.1) is 4.90 Å². The van der Waals surface area contributed by atoms with E-state index in [1.807, 2.05) is 0 Å². The second kappa shape index (κ2) is 7.55. The normalized spacial score (nSPS) is 29.1. The van der Waals surface area contributed by atoms with Crippen molar-refractivity contribution >= 4 is 21.6 Å². The van der Waals surface area contributed by atoms with E-state index in [9.17, 15) is 13.2 Å².